The highest BCUT2D eigenvalue weighted by Gasteiger charge is 2.09. The van der Waals surface area contributed by atoms with Gasteiger partial charge in [-0.25, -0.2) is 0 Å². The molecule has 17 heavy (non-hydrogen) atoms. The van der Waals surface area contributed by atoms with E-state index in [0.29, 0.717) is 5.56 Å². The van der Waals surface area contributed by atoms with Gasteiger partial charge in [0.25, 0.3) is 5.91 Å². The second-order valence-electron chi connectivity index (χ2n) is 4.35. The van der Waals surface area contributed by atoms with Gasteiger partial charge in [0.15, 0.2) is 0 Å². The molecule has 0 radical (unpaired) electrons. The zero-order chi connectivity index (χ0) is 12.4. The first-order valence-electron chi connectivity index (χ1n) is 5.60. The first kappa shape index (κ1) is 11.5. The summed E-state index contributed by atoms with van der Waals surface area (Å²) in [5, 5.41) is 2.91. The van der Waals surface area contributed by atoms with E-state index in [2.05, 4.69) is 16.4 Å². The minimum absolute atomic E-state index is 0.0752. The van der Waals surface area contributed by atoms with E-state index in [9.17, 15) is 4.79 Å². The SMILES string of the molecule is Cc1cc(C)cc(NC(=O)c2cc[nH]c2C)c1. The van der Waals surface area contributed by atoms with Crippen LogP contribution in [0.15, 0.2) is 30.5 Å². The molecule has 0 atom stereocenters. The molecule has 3 nitrogen and oxygen atoms in total. The van der Waals surface area contributed by atoms with Gasteiger partial charge >= 0.3 is 0 Å². The molecular weight excluding hydrogens is 212 g/mol. The lowest BCUT2D eigenvalue weighted by Gasteiger charge is -2.07. The summed E-state index contributed by atoms with van der Waals surface area (Å²) >= 11 is 0. The normalized spacial score (nSPS) is 10.3. The van der Waals surface area contributed by atoms with Crippen LogP contribution in [0.4, 0.5) is 5.69 Å². The predicted molar refractivity (Wildman–Crippen MR) is 69.4 cm³/mol. The molecule has 2 aromatic rings. The molecule has 0 unspecified atom stereocenters. The molecule has 2 rings (SSSR count). The summed E-state index contributed by atoms with van der Waals surface area (Å²) in [7, 11) is 0. The van der Waals surface area contributed by atoms with Crippen LogP contribution < -0.4 is 5.32 Å². The predicted octanol–water partition coefficient (Wildman–Crippen LogP) is 3.19. The summed E-state index contributed by atoms with van der Waals surface area (Å²) in [6.07, 6.45) is 1.77. The number of aromatic amines is 1. The van der Waals surface area contributed by atoms with E-state index in [1.165, 1.54) is 0 Å². The van der Waals surface area contributed by atoms with Gasteiger partial charge in [0.2, 0.25) is 0 Å². The lowest BCUT2D eigenvalue weighted by molar-refractivity contribution is 0.102. The van der Waals surface area contributed by atoms with E-state index < -0.39 is 0 Å². The first-order chi connectivity index (χ1) is 8.06. The van der Waals surface area contributed by atoms with Crippen LogP contribution in [0, 0.1) is 20.8 Å². The molecule has 1 amide bonds. The monoisotopic (exact) mass is 228 g/mol. The number of amides is 1. The van der Waals surface area contributed by atoms with Gasteiger partial charge in [0, 0.05) is 17.6 Å². The number of aromatic nitrogens is 1. The molecule has 0 fully saturated rings. The second kappa shape index (κ2) is 4.45. The number of nitrogens with one attached hydrogen (secondary N) is 2. The zero-order valence-corrected chi connectivity index (χ0v) is 10.3. The lowest BCUT2D eigenvalue weighted by Crippen LogP contribution is -2.12. The Labute approximate surface area is 101 Å². The summed E-state index contributed by atoms with van der Waals surface area (Å²) in [6.45, 7) is 5.92. The van der Waals surface area contributed by atoms with Crippen molar-refractivity contribution in [2.24, 2.45) is 0 Å². The fourth-order valence-corrected chi connectivity index (χ4v) is 1.94. The third-order valence-corrected chi connectivity index (χ3v) is 2.68. The molecule has 0 spiro atoms. The highest BCUT2D eigenvalue weighted by atomic mass is 16.1. The van der Waals surface area contributed by atoms with Crippen LogP contribution >= 0.6 is 0 Å². The van der Waals surface area contributed by atoms with Gasteiger partial charge in [-0.1, -0.05) is 6.07 Å². The molecule has 88 valence electrons. The summed E-state index contributed by atoms with van der Waals surface area (Å²) in [6, 6.07) is 7.80. The highest BCUT2D eigenvalue weighted by Crippen LogP contribution is 2.15. The summed E-state index contributed by atoms with van der Waals surface area (Å²) in [5.41, 5.74) is 4.70. The molecule has 3 heteroatoms. The highest BCUT2D eigenvalue weighted by molar-refractivity contribution is 6.05. The average Bonchev–Trinajstić information content (AvgIpc) is 2.62. The van der Waals surface area contributed by atoms with Gasteiger partial charge in [-0.3, -0.25) is 4.79 Å². The average molecular weight is 228 g/mol. The van der Waals surface area contributed by atoms with Crippen molar-refractivity contribution >= 4 is 11.6 Å². The van der Waals surface area contributed by atoms with Crippen molar-refractivity contribution in [1.29, 1.82) is 0 Å². The Bertz CT molecular complexity index is 535. The van der Waals surface area contributed by atoms with Crippen LogP contribution in [0.2, 0.25) is 0 Å². The van der Waals surface area contributed by atoms with Gasteiger partial charge in [-0.15, -0.1) is 0 Å². The molecule has 1 aromatic heterocycles. The van der Waals surface area contributed by atoms with E-state index in [4.69, 9.17) is 0 Å². The molecule has 0 aliphatic carbocycles. The van der Waals surface area contributed by atoms with Gasteiger partial charge in [0.05, 0.1) is 5.56 Å². The molecule has 0 bridgehead atoms. The Balaban J connectivity index is 2.21. The number of hydrogen-bond donors (Lipinski definition) is 2. The van der Waals surface area contributed by atoms with Gasteiger partial charge < -0.3 is 10.3 Å². The quantitative estimate of drug-likeness (QED) is 0.814. The Morgan fingerprint density at radius 2 is 1.76 bits per heavy atom. The van der Waals surface area contributed by atoms with E-state index in [0.717, 1.165) is 22.5 Å². The maximum Gasteiger partial charge on any atom is 0.257 e. The third kappa shape index (κ3) is 2.56. The van der Waals surface area contributed by atoms with Crippen molar-refractivity contribution in [3.05, 3.63) is 52.8 Å². The molecule has 0 saturated heterocycles. The minimum Gasteiger partial charge on any atom is -0.365 e. The van der Waals surface area contributed by atoms with E-state index >= 15 is 0 Å². The maximum atomic E-state index is 12.0. The van der Waals surface area contributed by atoms with Crippen LogP contribution in [0.5, 0.6) is 0 Å². The molecular formula is C14H16N2O. The Hall–Kier alpha value is -2.03. The Morgan fingerprint density at radius 1 is 1.12 bits per heavy atom. The van der Waals surface area contributed by atoms with Crippen LogP contribution in [-0.2, 0) is 0 Å². The smallest absolute Gasteiger partial charge is 0.257 e. The lowest BCUT2D eigenvalue weighted by atomic mass is 10.1. The second-order valence-corrected chi connectivity index (χ2v) is 4.35. The number of hydrogen-bond acceptors (Lipinski definition) is 1. The molecule has 1 aromatic carbocycles. The van der Waals surface area contributed by atoms with Gasteiger partial charge in [-0.2, -0.15) is 0 Å². The number of anilines is 1. The van der Waals surface area contributed by atoms with Crippen LogP contribution in [0.25, 0.3) is 0 Å². The number of H-pyrrole nitrogens is 1. The fourth-order valence-electron chi connectivity index (χ4n) is 1.94. The fraction of sp³-hybridized carbons (Fsp3) is 0.214. The molecule has 0 aliphatic rings. The number of aryl methyl sites for hydroxylation is 3. The first-order valence-corrected chi connectivity index (χ1v) is 5.60. The van der Waals surface area contributed by atoms with Crippen LogP contribution in [-0.4, -0.2) is 10.9 Å². The topological polar surface area (TPSA) is 44.9 Å². The standard InChI is InChI=1S/C14H16N2O/c1-9-6-10(2)8-12(7-9)16-14(17)13-4-5-15-11(13)3/h4-8,15H,1-3H3,(H,16,17). The summed E-state index contributed by atoms with van der Waals surface area (Å²) in [4.78, 5) is 15.0. The van der Waals surface area contributed by atoms with Crippen LogP contribution in [0.3, 0.4) is 0 Å². The third-order valence-electron chi connectivity index (χ3n) is 2.68. The Kier molecular flexibility index (Phi) is 3.00. The number of carbonyl (C=O) groups excluding carboxylic acids is 1. The van der Waals surface area contributed by atoms with Crippen molar-refractivity contribution in [3.8, 4) is 0 Å². The number of carbonyl (C=O) groups is 1. The van der Waals surface area contributed by atoms with Crippen molar-refractivity contribution in [3.63, 3.8) is 0 Å². The zero-order valence-electron chi connectivity index (χ0n) is 10.3. The Morgan fingerprint density at radius 3 is 2.29 bits per heavy atom. The van der Waals surface area contributed by atoms with Crippen molar-refractivity contribution < 1.29 is 4.79 Å². The van der Waals surface area contributed by atoms with Gasteiger partial charge in [0.1, 0.15) is 0 Å². The molecule has 1 heterocycles. The van der Waals surface area contributed by atoms with Crippen molar-refractivity contribution in [2.75, 3.05) is 5.32 Å². The minimum atomic E-state index is -0.0752. The summed E-state index contributed by atoms with van der Waals surface area (Å²) in [5.74, 6) is -0.0752. The van der Waals surface area contributed by atoms with Gasteiger partial charge in [-0.05, 0) is 50.1 Å². The van der Waals surface area contributed by atoms with E-state index in [1.807, 2.05) is 32.9 Å². The largest absolute Gasteiger partial charge is 0.365 e. The van der Waals surface area contributed by atoms with Crippen molar-refractivity contribution in [1.82, 2.24) is 4.98 Å². The van der Waals surface area contributed by atoms with Crippen molar-refractivity contribution in [2.45, 2.75) is 20.8 Å². The number of benzene rings is 1. The van der Waals surface area contributed by atoms with Crippen LogP contribution in [0.1, 0.15) is 27.2 Å². The number of rotatable bonds is 2. The molecule has 2 N–H and O–H groups in total. The summed E-state index contributed by atoms with van der Waals surface area (Å²) < 4.78 is 0. The molecule has 0 aliphatic heterocycles. The van der Waals surface area contributed by atoms with E-state index in [-0.39, 0.29) is 5.91 Å². The maximum absolute atomic E-state index is 12.0. The van der Waals surface area contributed by atoms with E-state index in [1.54, 1.807) is 12.3 Å². The molecule has 0 saturated carbocycles.